The highest BCUT2D eigenvalue weighted by Crippen LogP contribution is 2.42. The number of hydrogen-bond acceptors (Lipinski definition) is 4. The molecule has 4 rings (SSSR count). The van der Waals surface area contributed by atoms with Crippen molar-refractivity contribution in [1.29, 1.82) is 5.26 Å². The van der Waals surface area contributed by atoms with E-state index in [1.807, 2.05) is 12.1 Å². The molecule has 2 saturated heterocycles. The maximum Gasteiger partial charge on any atom is 0.183 e. The first-order valence-corrected chi connectivity index (χ1v) is 6.92. The van der Waals surface area contributed by atoms with Crippen LogP contribution in [0.2, 0.25) is 0 Å². The summed E-state index contributed by atoms with van der Waals surface area (Å²) in [5.74, 6) is 0.793. The third kappa shape index (κ3) is 1.87. The van der Waals surface area contributed by atoms with Crippen LogP contribution in [-0.2, 0) is 14.2 Å². The van der Waals surface area contributed by atoms with Crippen LogP contribution in [0.5, 0.6) is 0 Å². The van der Waals surface area contributed by atoms with Crippen LogP contribution in [-0.4, -0.2) is 25.4 Å². The number of nitrogens with zero attached hydrogens (tertiary/aromatic N) is 1. The summed E-state index contributed by atoms with van der Waals surface area (Å²) in [6.07, 6.45) is 4.31. The number of benzene rings is 1. The van der Waals surface area contributed by atoms with Crippen LogP contribution in [0.4, 0.5) is 0 Å². The summed E-state index contributed by atoms with van der Waals surface area (Å²) in [4.78, 5) is 0. The van der Waals surface area contributed by atoms with Crippen LogP contribution >= 0.6 is 0 Å². The summed E-state index contributed by atoms with van der Waals surface area (Å²) in [5, 5.41) is 8.82. The highest BCUT2D eigenvalue weighted by Gasteiger charge is 2.47. The minimum atomic E-state index is -0.340. The van der Waals surface area contributed by atoms with Gasteiger partial charge in [0, 0.05) is 17.4 Å². The van der Waals surface area contributed by atoms with Gasteiger partial charge in [-0.3, -0.25) is 0 Å². The van der Waals surface area contributed by atoms with Gasteiger partial charge < -0.3 is 14.2 Å². The van der Waals surface area contributed by atoms with Gasteiger partial charge in [-0.25, -0.2) is 0 Å². The molecule has 0 radical (unpaired) electrons. The van der Waals surface area contributed by atoms with Crippen molar-refractivity contribution in [2.45, 2.75) is 18.5 Å². The molecule has 0 spiro atoms. The zero-order chi connectivity index (χ0) is 13.5. The van der Waals surface area contributed by atoms with E-state index < -0.39 is 0 Å². The lowest BCUT2D eigenvalue weighted by atomic mass is 9.84. The van der Waals surface area contributed by atoms with Crippen molar-refractivity contribution in [2.24, 2.45) is 11.8 Å². The van der Waals surface area contributed by atoms with Crippen LogP contribution in [0.25, 0.3) is 0 Å². The van der Waals surface area contributed by atoms with E-state index in [0.29, 0.717) is 30.6 Å². The Morgan fingerprint density at radius 1 is 0.950 bits per heavy atom. The standard InChI is InChI=1S/C16H15NO3/c17-7-10-1-3-11(4-2-10)16-18-8-12-13(9-19-16)15-6-5-14(12)20-15/h1-6,12-16H,8-9H2/t12-,13+,14+,15-,16?. The molecule has 5 atom stereocenters. The van der Waals surface area contributed by atoms with E-state index in [9.17, 15) is 0 Å². The van der Waals surface area contributed by atoms with Crippen molar-refractivity contribution in [1.82, 2.24) is 0 Å². The molecule has 0 N–H and O–H groups in total. The average Bonchev–Trinajstić information content (AvgIpc) is 3.02. The Hall–Kier alpha value is -1.67. The molecule has 20 heavy (non-hydrogen) atoms. The number of nitriles is 1. The van der Waals surface area contributed by atoms with Crippen molar-refractivity contribution in [3.8, 4) is 6.07 Å². The minimum absolute atomic E-state index is 0.188. The molecule has 4 heteroatoms. The predicted molar refractivity (Wildman–Crippen MR) is 70.6 cm³/mol. The van der Waals surface area contributed by atoms with E-state index in [1.54, 1.807) is 12.1 Å². The summed E-state index contributed by atoms with van der Waals surface area (Å²) in [5.41, 5.74) is 1.61. The molecule has 102 valence electrons. The minimum Gasteiger partial charge on any atom is -0.366 e. The van der Waals surface area contributed by atoms with Crippen LogP contribution in [0.3, 0.4) is 0 Å². The van der Waals surface area contributed by atoms with Gasteiger partial charge in [0.1, 0.15) is 0 Å². The normalized spacial score (nSPS) is 38.2. The van der Waals surface area contributed by atoms with Gasteiger partial charge in [-0.2, -0.15) is 5.26 Å². The third-order valence-corrected chi connectivity index (χ3v) is 4.39. The van der Waals surface area contributed by atoms with E-state index in [4.69, 9.17) is 19.5 Å². The van der Waals surface area contributed by atoms with Crippen LogP contribution < -0.4 is 0 Å². The van der Waals surface area contributed by atoms with Gasteiger partial charge >= 0.3 is 0 Å². The molecule has 1 unspecified atom stereocenters. The highest BCUT2D eigenvalue weighted by atomic mass is 16.7. The fourth-order valence-electron chi connectivity index (χ4n) is 3.25. The second-order valence-corrected chi connectivity index (χ2v) is 5.51. The molecular formula is C16H15NO3. The first-order chi connectivity index (χ1) is 9.85. The lowest BCUT2D eigenvalue weighted by Gasteiger charge is -2.20. The van der Waals surface area contributed by atoms with Gasteiger partial charge in [0.25, 0.3) is 0 Å². The number of rotatable bonds is 1. The summed E-state index contributed by atoms with van der Waals surface area (Å²) in [6, 6.07) is 9.50. The number of fused-ring (bicyclic) bond motifs is 5. The van der Waals surface area contributed by atoms with E-state index in [-0.39, 0.29) is 18.5 Å². The molecule has 4 nitrogen and oxygen atoms in total. The Kier molecular flexibility index (Phi) is 2.85. The van der Waals surface area contributed by atoms with E-state index in [2.05, 4.69) is 18.2 Å². The number of ether oxygens (including phenoxy) is 3. The molecule has 1 aromatic carbocycles. The van der Waals surface area contributed by atoms with E-state index in [0.717, 1.165) is 5.56 Å². The molecule has 0 aromatic heterocycles. The predicted octanol–water partition coefficient (Wildman–Crippen LogP) is 2.17. The molecule has 3 aliphatic rings. The maximum absolute atomic E-state index is 8.82. The second kappa shape index (κ2) is 4.71. The lowest BCUT2D eigenvalue weighted by Crippen LogP contribution is -2.28. The monoisotopic (exact) mass is 269 g/mol. The Balaban J connectivity index is 1.51. The average molecular weight is 269 g/mol. The smallest absolute Gasteiger partial charge is 0.183 e. The quantitative estimate of drug-likeness (QED) is 0.733. The van der Waals surface area contributed by atoms with Gasteiger partial charge in [0.2, 0.25) is 0 Å². The van der Waals surface area contributed by atoms with Crippen molar-refractivity contribution in [2.75, 3.05) is 13.2 Å². The maximum atomic E-state index is 8.82. The van der Waals surface area contributed by atoms with Crippen LogP contribution in [0.15, 0.2) is 36.4 Å². The Bertz CT molecular complexity index is 552. The van der Waals surface area contributed by atoms with Gasteiger partial charge in [0.05, 0.1) is 37.1 Å². The van der Waals surface area contributed by atoms with Gasteiger partial charge in [-0.05, 0) is 12.1 Å². The SMILES string of the molecule is N#Cc1ccc(C2OC[C@@H]3[C@H](CO2)[C@H]2C=C[C@@H]3O2)cc1. The first kappa shape index (κ1) is 12.1. The summed E-state index contributed by atoms with van der Waals surface area (Å²) in [7, 11) is 0. The van der Waals surface area contributed by atoms with Gasteiger partial charge in [-0.1, -0.05) is 24.3 Å². The third-order valence-electron chi connectivity index (χ3n) is 4.39. The molecule has 0 amide bonds. The van der Waals surface area contributed by atoms with Gasteiger partial charge in [-0.15, -0.1) is 0 Å². The zero-order valence-electron chi connectivity index (χ0n) is 10.9. The summed E-state index contributed by atoms with van der Waals surface area (Å²) in [6.45, 7) is 1.31. The molecule has 0 aliphatic carbocycles. The molecule has 2 fully saturated rings. The Morgan fingerprint density at radius 3 is 2.10 bits per heavy atom. The topological polar surface area (TPSA) is 51.5 Å². The zero-order valence-corrected chi connectivity index (χ0v) is 10.9. The Labute approximate surface area is 117 Å². The molecule has 3 aliphatic heterocycles. The second-order valence-electron chi connectivity index (χ2n) is 5.51. The molecule has 0 saturated carbocycles. The summed E-state index contributed by atoms with van der Waals surface area (Å²) >= 11 is 0. The molecule has 2 bridgehead atoms. The van der Waals surface area contributed by atoms with Gasteiger partial charge in [0.15, 0.2) is 6.29 Å². The van der Waals surface area contributed by atoms with Crippen LogP contribution in [0, 0.1) is 23.2 Å². The van der Waals surface area contributed by atoms with E-state index >= 15 is 0 Å². The van der Waals surface area contributed by atoms with Crippen molar-refractivity contribution >= 4 is 0 Å². The Morgan fingerprint density at radius 2 is 1.55 bits per heavy atom. The summed E-state index contributed by atoms with van der Waals surface area (Å²) < 4.78 is 17.7. The van der Waals surface area contributed by atoms with Crippen molar-refractivity contribution in [3.05, 3.63) is 47.5 Å². The van der Waals surface area contributed by atoms with Crippen molar-refractivity contribution < 1.29 is 14.2 Å². The van der Waals surface area contributed by atoms with Crippen LogP contribution in [0.1, 0.15) is 17.4 Å². The molecular weight excluding hydrogens is 254 g/mol. The van der Waals surface area contributed by atoms with E-state index in [1.165, 1.54) is 0 Å². The largest absolute Gasteiger partial charge is 0.366 e. The highest BCUT2D eigenvalue weighted by molar-refractivity contribution is 5.32. The fraction of sp³-hybridized carbons (Fsp3) is 0.438. The first-order valence-electron chi connectivity index (χ1n) is 6.92. The molecule has 3 heterocycles. The lowest BCUT2D eigenvalue weighted by molar-refractivity contribution is -0.141. The number of hydrogen-bond donors (Lipinski definition) is 0. The fourth-order valence-corrected chi connectivity index (χ4v) is 3.25. The van der Waals surface area contributed by atoms with Crippen molar-refractivity contribution in [3.63, 3.8) is 0 Å². The molecule has 1 aromatic rings.